The van der Waals surface area contributed by atoms with Gasteiger partial charge in [0.15, 0.2) is 0 Å². The Morgan fingerprint density at radius 2 is 1.88 bits per heavy atom. The van der Waals surface area contributed by atoms with Gasteiger partial charge in [-0.25, -0.2) is 0 Å². The topological polar surface area (TPSA) is 37.3 Å². The van der Waals surface area contributed by atoms with Crippen molar-refractivity contribution in [3.05, 3.63) is 12.2 Å². The van der Waals surface area contributed by atoms with Crippen LogP contribution >= 0.6 is 0 Å². The molecular formula is C15H24O2. The number of hydrogen-bond acceptors (Lipinski definition) is 2. The van der Waals surface area contributed by atoms with Crippen molar-refractivity contribution in [1.29, 1.82) is 0 Å². The van der Waals surface area contributed by atoms with Crippen LogP contribution < -0.4 is 0 Å². The van der Waals surface area contributed by atoms with Gasteiger partial charge >= 0.3 is 0 Å². The molecule has 0 saturated heterocycles. The molecule has 4 atom stereocenters. The predicted octanol–water partition coefficient (Wildman–Crippen LogP) is 3.10. The summed E-state index contributed by atoms with van der Waals surface area (Å²) in [6.45, 7) is 9.94. The molecule has 2 aliphatic carbocycles. The molecule has 2 heteroatoms. The number of fused-ring (bicyclic) bond motifs is 1. The van der Waals surface area contributed by atoms with Gasteiger partial charge in [-0.05, 0) is 57.3 Å². The van der Waals surface area contributed by atoms with Crippen LogP contribution in [0.15, 0.2) is 12.2 Å². The molecule has 2 aliphatic rings. The molecule has 2 fully saturated rings. The fourth-order valence-corrected chi connectivity index (χ4v) is 4.26. The van der Waals surface area contributed by atoms with Crippen molar-refractivity contribution in [3.8, 4) is 0 Å². The molecule has 2 saturated carbocycles. The van der Waals surface area contributed by atoms with Crippen molar-refractivity contribution in [3.63, 3.8) is 0 Å². The summed E-state index contributed by atoms with van der Waals surface area (Å²) in [5.74, 6) is 0.579. The first-order valence-electron chi connectivity index (χ1n) is 6.68. The summed E-state index contributed by atoms with van der Waals surface area (Å²) in [5, 5.41) is 10.4. The third-order valence-electron chi connectivity index (χ3n) is 5.55. The minimum Gasteiger partial charge on any atom is -0.392 e. The van der Waals surface area contributed by atoms with Crippen LogP contribution in [0.5, 0.6) is 0 Å². The van der Waals surface area contributed by atoms with Crippen molar-refractivity contribution >= 4 is 5.78 Å². The molecule has 0 heterocycles. The van der Waals surface area contributed by atoms with Crippen molar-refractivity contribution in [2.75, 3.05) is 0 Å². The monoisotopic (exact) mass is 236 g/mol. The molecule has 0 radical (unpaired) electrons. The smallest absolute Gasteiger partial charge is 0.139 e. The van der Waals surface area contributed by atoms with E-state index in [1.165, 1.54) is 0 Å². The van der Waals surface area contributed by atoms with Crippen molar-refractivity contribution < 1.29 is 9.90 Å². The van der Waals surface area contributed by atoms with Gasteiger partial charge in [-0.15, -0.1) is 0 Å². The largest absolute Gasteiger partial charge is 0.392 e. The summed E-state index contributed by atoms with van der Waals surface area (Å²) in [4.78, 5) is 12.2. The highest BCUT2D eigenvalue weighted by atomic mass is 16.3. The Morgan fingerprint density at radius 1 is 1.29 bits per heavy atom. The van der Waals surface area contributed by atoms with Crippen LogP contribution in [0.1, 0.15) is 52.9 Å². The third-order valence-corrected chi connectivity index (χ3v) is 5.55. The second-order valence-corrected chi connectivity index (χ2v) is 6.43. The van der Waals surface area contributed by atoms with E-state index in [2.05, 4.69) is 13.5 Å². The lowest BCUT2D eigenvalue weighted by atomic mass is 9.53. The zero-order valence-corrected chi connectivity index (χ0v) is 11.3. The van der Waals surface area contributed by atoms with Crippen LogP contribution in [-0.4, -0.2) is 17.0 Å². The number of Topliss-reactive ketones (excluding diaryl/α,β-unsaturated/α-hetero) is 1. The Balaban J connectivity index is 2.41. The summed E-state index contributed by atoms with van der Waals surface area (Å²) in [7, 11) is 0. The maximum absolute atomic E-state index is 12.2. The third kappa shape index (κ3) is 1.61. The second kappa shape index (κ2) is 3.94. The Hall–Kier alpha value is -0.630. The first kappa shape index (κ1) is 12.8. The molecule has 0 aromatic rings. The second-order valence-electron chi connectivity index (χ2n) is 6.43. The highest BCUT2D eigenvalue weighted by Crippen LogP contribution is 2.62. The number of rotatable bonds is 2. The quantitative estimate of drug-likeness (QED) is 0.748. The Morgan fingerprint density at radius 3 is 2.41 bits per heavy atom. The number of aliphatic hydroxyl groups is 1. The molecule has 0 aliphatic heterocycles. The zero-order valence-electron chi connectivity index (χ0n) is 11.3. The molecule has 0 unspecified atom stereocenters. The van der Waals surface area contributed by atoms with Gasteiger partial charge in [0.1, 0.15) is 5.78 Å². The Labute approximate surface area is 104 Å². The Bertz CT molecular complexity index is 360. The van der Waals surface area contributed by atoms with Crippen LogP contribution in [0.25, 0.3) is 0 Å². The summed E-state index contributed by atoms with van der Waals surface area (Å²) in [6.07, 6.45) is 4.27. The normalized spacial score (nSPS) is 45.4. The van der Waals surface area contributed by atoms with E-state index in [1.54, 1.807) is 6.92 Å². The average molecular weight is 236 g/mol. The molecule has 17 heavy (non-hydrogen) atoms. The number of ketones is 1. The molecule has 0 amide bonds. The zero-order chi connectivity index (χ0) is 12.8. The molecular weight excluding hydrogens is 212 g/mol. The summed E-state index contributed by atoms with van der Waals surface area (Å²) in [6, 6.07) is 0. The standard InChI is InChI=1S/C15H24O2/c1-10(2)12-5-7-14(4)8-6-13(17)15(14,9-12)11(3)16/h12-13,17H,1,5-9H2,2-4H3/t12-,13+,14+,15+/m1/s1. The Kier molecular flexibility index (Phi) is 2.97. The minimum atomic E-state index is -0.505. The molecule has 96 valence electrons. The lowest BCUT2D eigenvalue weighted by Crippen LogP contribution is -2.51. The molecule has 0 spiro atoms. The lowest BCUT2D eigenvalue weighted by molar-refractivity contribution is -0.146. The highest BCUT2D eigenvalue weighted by Gasteiger charge is 2.62. The van der Waals surface area contributed by atoms with Crippen LogP contribution in [0, 0.1) is 16.7 Å². The van der Waals surface area contributed by atoms with Gasteiger partial charge in [-0.3, -0.25) is 4.79 Å². The van der Waals surface area contributed by atoms with E-state index in [9.17, 15) is 9.90 Å². The fourth-order valence-electron chi connectivity index (χ4n) is 4.26. The number of allylic oxidation sites excluding steroid dienone is 1. The average Bonchev–Trinajstić information content (AvgIpc) is 2.52. The fraction of sp³-hybridized carbons (Fsp3) is 0.800. The summed E-state index contributed by atoms with van der Waals surface area (Å²) >= 11 is 0. The van der Waals surface area contributed by atoms with Gasteiger partial charge in [0.05, 0.1) is 11.5 Å². The highest BCUT2D eigenvalue weighted by molar-refractivity contribution is 5.84. The predicted molar refractivity (Wildman–Crippen MR) is 68.6 cm³/mol. The van der Waals surface area contributed by atoms with E-state index in [1.807, 2.05) is 6.92 Å². The SMILES string of the molecule is C=C(C)[C@@H]1CC[C@@]2(C)CC[C@H](O)[C@@]2(C(C)=O)C1. The van der Waals surface area contributed by atoms with Gasteiger partial charge < -0.3 is 5.11 Å². The number of carbonyl (C=O) groups is 1. The van der Waals surface area contributed by atoms with E-state index in [-0.39, 0.29) is 11.2 Å². The van der Waals surface area contributed by atoms with E-state index < -0.39 is 11.5 Å². The van der Waals surface area contributed by atoms with E-state index >= 15 is 0 Å². The minimum absolute atomic E-state index is 0.00417. The molecule has 0 bridgehead atoms. The maximum Gasteiger partial charge on any atom is 0.139 e. The molecule has 0 aromatic carbocycles. The lowest BCUT2D eigenvalue weighted by Gasteiger charge is -2.50. The van der Waals surface area contributed by atoms with Gasteiger partial charge in [-0.2, -0.15) is 0 Å². The number of carbonyl (C=O) groups excluding carboxylic acids is 1. The molecule has 1 N–H and O–H groups in total. The molecule has 2 rings (SSSR count). The number of hydrogen-bond donors (Lipinski definition) is 1. The van der Waals surface area contributed by atoms with Crippen LogP contribution in [0.3, 0.4) is 0 Å². The van der Waals surface area contributed by atoms with Gasteiger partial charge in [-0.1, -0.05) is 19.1 Å². The number of aliphatic hydroxyl groups excluding tert-OH is 1. The van der Waals surface area contributed by atoms with E-state index in [0.717, 1.165) is 37.7 Å². The van der Waals surface area contributed by atoms with Crippen LogP contribution in [-0.2, 0) is 4.79 Å². The van der Waals surface area contributed by atoms with Crippen molar-refractivity contribution in [2.24, 2.45) is 16.7 Å². The van der Waals surface area contributed by atoms with Gasteiger partial charge in [0, 0.05) is 0 Å². The van der Waals surface area contributed by atoms with E-state index in [0.29, 0.717) is 5.92 Å². The van der Waals surface area contributed by atoms with Crippen LogP contribution in [0.2, 0.25) is 0 Å². The molecule has 0 aromatic heterocycles. The van der Waals surface area contributed by atoms with Gasteiger partial charge in [0.2, 0.25) is 0 Å². The maximum atomic E-state index is 12.2. The first-order valence-corrected chi connectivity index (χ1v) is 6.68. The van der Waals surface area contributed by atoms with Crippen molar-refractivity contribution in [1.82, 2.24) is 0 Å². The summed E-state index contributed by atoms with van der Waals surface area (Å²) in [5.41, 5.74) is 0.658. The van der Waals surface area contributed by atoms with Crippen molar-refractivity contribution in [2.45, 2.75) is 59.0 Å². The van der Waals surface area contributed by atoms with Crippen LogP contribution in [0.4, 0.5) is 0 Å². The van der Waals surface area contributed by atoms with E-state index in [4.69, 9.17) is 0 Å². The first-order chi connectivity index (χ1) is 7.83. The summed E-state index contributed by atoms with van der Waals surface area (Å²) < 4.78 is 0. The molecule has 2 nitrogen and oxygen atoms in total. The van der Waals surface area contributed by atoms with Gasteiger partial charge in [0.25, 0.3) is 0 Å².